The van der Waals surface area contributed by atoms with E-state index >= 15 is 0 Å². The van der Waals surface area contributed by atoms with Crippen LogP contribution in [0, 0.1) is 19.7 Å². The quantitative estimate of drug-likeness (QED) is 0.869. The van der Waals surface area contributed by atoms with E-state index in [1.165, 1.54) is 9.75 Å². The predicted molar refractivity (Wildman–Crippen MR) is 70.7 cm³/mol. The van der Waals surface area contributed by atoms with Crippen molar-refractivity contribution >= 4 is 11.3 Å². The van der Waals surface area contributed by atoms with Gasteiger partial charge in [-0.2, -0.15) is 0 Å². The number of thiophene rings is 1. The fourth-order valence-electron chi connectivity index (χ4n) is 1.66. The molecule has 0 atom stereocenters. The van der Waals surface area contributed by atoms with Crippen LogP contribution in [0.15, 0.2) is 30.3 Å². The zero-order valence-electron chi connectivity index (χ0n) is 10.1. The largest absolute Gasteiger partial charge is 0.308 e. The van der Waals surface area contributed by atoms with Gasteiger partial charge in [0.05, 0.1) is 0 Å². The molecule has 0 radical (unpaired) electrons. The first-order chi connectivity index (χ1) is 8.15. The van der Waals surface area contributed by atoms with E-state index in [2.05, 4.69) is 24.4 Å². The summed E-state index contributed by atoms with van der Waals surface area (Å²) in [6.07, 6.45) is 0. The van der Waals surface area contributed by atoms with Crippen LogP contribution in [0.5, 0.6) is 0 Å². The lowest BCUT2D eigenvalue weighted by atomic mass is 10.1. The molecule has 0 saturated heterocycles. The molecule has 17 heavy (non-hydrogen) atoms. The van der Waals surface area contributed by atoms with Crippen LogP contribution in [-0.2, 0) is 13.1 Å². The van der Waals surface area contributed by atoms with Gasteiger partial charge in [-0.3, -0.25) is 0 Å². The summed E-state index contributed by atoms with van der Waals surface area (Å²) in [5.74, 6) is -0.128. The van der Waals surface area contributed by atoms with Crippen molar-refractivity contribution in [3.05, 3.63) is 57.0 Å². The highest BCUT2D eigenvalue weighted by Gasteiger charge is 2.00. The fourth-order valence-corrected chi connectivity index (χ4v) is 2.52. The normalized spacial score (nSPS) is 10.8. The molecule has 0 aliphatic carbocycles. The van der Waals surface area contributed by atoms with Crippen molar-refractivity contribution in [1.29, 1.82) is 0 Å². The van der Waals surface area contributed by atoms with E-state index in [4.69, 9.17) is 0 Å². The molecule has 90 valence electrons. The molecule has 0 saturated carbocycles. The fraction of sp³-hybridized carbons (Fsp3) is 0.286. The SMILES string of the molecule is Cc1ccc(CNCc2ccc(C)c(F)c2)s1. The van der Waals surface area contributed by atoms with Crippen molar-refractivity contribution in [3.8, 4) is 0 Å². The molecule has 0 aliphatic heterocycles. The van der Waals surface area contributed by atoms with Gasteiger partial charge in [0.25, 0.3) is 0 Å². The third-order valence-corrected chi connectivity index (χ3v) is 3.66. The summed E-state index contributed by atoms with van der Waals surface area (Å²) in [5, 5.41) is 3.32. The highest BCUT2D eigenvalue weighted by molar-refractivity contribution is 7.11. The summed E-state index contributed by atoms with van der Waals surface area (Å²) in [5.41, 5.74) is 1.68. The van der Waals surface area contributed by atoms with E-state index in [1.54, 1.807) is 24.3 Å². The molecule has 1 nitrogen and oxygen atoms in total. The van der Waals surface area contributed by atoms with Gasteiger partial charge in [0.2, 0.25) is 0 Å². The molecule has 1 aromatic carbocycles. The topological polar surface area (TPSA) is 12.0 Å². The molecule has 0 bridgehead atoms. The third kappa shape index (κ3) is 3.38. The monoisotopic (exact) mass is 249 g/mol. The highest BCUT2D eigenvalue weighted by Crippen LogP contribution is 2.15. The molecule has 0 unspecified atom stereocenters. The van der Waals surface area contributed by atoms with Crippen LogP contribution in [0.25, 0.3) is 0 Å². The van der Waals surface area contributed by atoms with Gasteiger partial charge in [0.1, 0.15) is 5.82 Å². The van der Waals surface area contributed by atoms with Crippen LogP contribution in [0.3, 0.4) is 0 Å². The zero-order chi connectivity index (χ0) is 12.3. The number of aryl methyl sites for hydroxylation is 2. The summed E-state index contributed by atoms with van der Waals surface area (Å²) in [6.45, 7) is 5.42. The van der Waals surface area contributed by atoms with Crippen molar-refractivity contribution in [1.82, 2.24) is 5.32 Å². The lowest BCUT2D eigenvalue weighted by Crippen LogP contribution is -2.11. The Labute approximate surface area is 105 Å². The van der Waals surface area contributed by atoms with Crippen molar-refractivity contribution in [2.45, 2.75) is 26.9 Å². The average molecular weight is 249 g/mol. The molecule has 2 aromatic rings. The van der Waals surface area contributed by atoms with E-state index < -0.39 is 0 Å². The van der Waals surface area contributed by atoms with Crippen LogP contribution in [0.2, 0.25) is 0 Å². The summed E-state index contributed by atoms with van der Waals surface area (Å²) >= 11 is 1.79. The maximum Gasteiger partial charge on any atom is 0.126 e. The average Bonchev–Trinajstić information content (AvgIpc) is 2.70. The smallest absolute Gasteiger partial charge is 0.126 e. The van der Waals surface area contributed by atoms with Gasteiger partial charge < -0.3 is 5.32 Å². The van der Waals surface area contributed by atoms with Gasteiger partial charge in [-0.1, -0.05) is 12.1 Å². The van der Waals surface area contributed by atoms with Crippen molar-refractivity contribution in [3.63, 3.8) is 0 Å². The molecule has 1 N–H and O–H groups in total. The van der Waals surface area contributed by atoms with E-state index in [0.717, 1.165) is 12.1 Å². The maximum atomic E-state index is 13.3. The Bertz CT molecular complexity index is 505. The Morgan fingerprint density at radius 3 is 2.59 bits per heavy atom. The Balaban J connectivity index is 1.87. The van der Waals surface area contributed by atoms with Crippen LogP contribution >= 0.6 is 11.3 Å². The summed E-state index contributed by atoms with van der Waals surface area (Å²) in [7, 11) is 0. The molecule has 1 heterocycles. The number of rotatable bonds is 4. The first-order valence-corrected chi connectivity index (χ1v) is 6.48. The Morgan fingerprint density at radius 1 is 1.12 bits per heavy atom. The molecule has 1 aromatic heterocycles. The Kier molecular flexibility index (Phi) is 3.92. The molecule has 0 aliphatic rings. The standard InChI is InChI=1S/C14H16FNS/c1-10-3-5-12(7-14(10)15)8-16-9-13-6-4-11(2)17-13/h3-7,16H,8-9H2,1-2H3. The van der Waals surface area contributed by atoms with Gasteiger partial charge in [-0.25, -0.2) is 4.39 Å². The van der Waals surface area contributed by atoms with Crippen LogP contribution < -0.4 is 5.32 Å². The Morgan fingerprint density at radius 2 is 1.94 bits per heavy atom. The van der Waals surface area contributed by atoms with Crippen molar-refractivity contribution < 1.29 is 4.39 Å². The molecule has 0 amide bonds. The van der Waals surface area contributed by atoms with Crippen LogP contribution in [-0.4, -0.2) is 0 Å². The van der Waals surface area contributed by atoms with Crippen molar-refractivity contribution in [2.75, 3.05) is 0 Å². The van der Waals surface area contributed by atoms with Gasteiger partial charge in [-0.05, 0) is 43.2 Å². The minimum atomic E-state index is -0.128. The Hall–Kier alpha value is -1.19. The molecular formula is C14H16FNS. The van der Waals surface area contributed by atoms with E-state index in [-0.39, 0.29) is 5.82 Å². The molecule has 2 rings (SSSR count). The van der Waals surface area contributed by atoms with E-state index in [1.807, 2.05) is 12.1 Å². The van der Waals surface area contributed by atoms with Crippen LogP contribution in [0.4, 0.5) is 4.39 Å². The van der Waals surface area contributed by atoms with Crippen LogP contribution in [0.1, 0.15) is 20.9 Å². The molecule has 3 heteroatoms. The minimum absolute atomic E-state index is 0.128. The maximum absolute atomic E-state index is 13.3. The second kappa shape index (κ2) is 5.43. The molecule has 0 fully saturated rings. The zero-order valence-corrected chi connectivity index (χ0v) is 10.9. The first kappa shape index (κ1) is 12.3. The number of hydrogen-bond acceptors (Lipinski definition) is 2. The van der Waals surface area contributed by atoms with Gasteiger partial charge in [0.15, 0.2) is 0 Å². The van der Waals surface area contributed by atoms with Gasteiger partial charge in [-0.15, -0.1) is 11.3 Å². The second-order valence-corrected chi connectivity index (χ2v) is 5.57. The molecular weight excluding hydrogens is 233 g/mol. The summed E-state index contributed by atoms with van der Waals surface area (Å²) in [6, 6.07) is 9.63. The predicted octanol–water partition coefficient (Wildman–Crippen LogP) is 3.79. The molecule has 0 spiro atoms. The van der Waals surface area contributed by atoms with E-state index in [9.17, 15) is 4.39 Å². The highest BCUT2D eigenvalue weighted by atomic mass is 32.1. The number of nitrogens with one attached hydrogen (secondary N) is 1. The summed E-state index contributed by atoms with van der Waals surface area (Å²) < 4.78 is 13.3. The van der Waals surface area contributed by atoms with Crippen molar-refractivity contribution in [2.24, 2.45) is 0 Å². The third-order valence-electron chi connectivity index (χ3n) is 2.66. The lowest BCUT2D eigenvalue weighted by Gasteiger charge is -2.04. The minimum Gasteiger partial charge on any atom is -0.308 e. The number of hydrogen-bond donors (Lipinski definition) is 1. The summed E-state index contributed by atoms with van der Waals surface area (Å²) in [4.78, 5) is 2.64. The van der Waals surface area contributed by atoms with Gasteiger partial charge >= 0.3 is 0 Å². The van der Waals surface area contributed by atoms with Gasteiger partial charge in [0, 0.05) is 22.8 Å². The first-order valence-electron chi connectivity index (χ1n) is 5.66. The second-order valence-electron chi connectivity index (χ2n) is 4.20. The lowest BCUT2D eigenvalue weighted by molar-refractivity contribution is 0.612. The number of halogens is 1. The van der Waals surface area contributed by atoms with E-state index in [0.29, 0.717) is 12.1 Å². The number of benzene rings is 1.